The molecule has 0 fully saturated rings. The molecule has 1 atom stereocenters. The summed E-state index contributed by atoms with van der Waals surface area (Å²) in [5.41, 5.74) is 1.02. The summed E-state index contributed by atoms with van der Waals surface area (Å²) < 4.78 is 7.36. The Kier molecular flexibility index (Phi) is 3.51. The third kappa shape index (κ3) is 2.15. The van der Waals surface area contributed by atoms with E-state index in [-0.39, 0.29) is 29.9 Å². The Morgan fingerprint density at radius 2 is 2.07 bits per heavy atom. The summed E-state index contributed by atoms with van der Waals surface area (Å²) in [5.74, 6) is -0.666. The van der Waals surface area contributed by atoms with Crippen molar-refractivity contribution in [3.63, 3.8) is 0 Å². The van der Waals surface area contributed by atoms with Gasteiger partial charge >= 0.3 is 5.97 Å². The zero-order valence-corrected chi connectivity index (χ0v) is 16.4. The van der Waals surface area contributed by atoms with E-state index in [0.29, 0.717) is 33.5 Å². The standard InChI is InChI=1S/C20H15BrN2O5/c1-2-20(27)13-6-16-17-9(3-11-14(21)4-10(24)5-15(11)22-17)7-23(16)18(25)12(13)8-28-19(20)26/h3-6,24,27H,2,7-8H2,1H3. The largest absolute Gasteiger partial charge is 0.508 e. The number of phenols is 1. The molecule has 5 rings (SSSR count). The lowest BCUT2D eigenvalue weighted by molar-refractivity contribution is -0.172. The molecular formula is C20H15BrN2O5. The lowest BCUT2D eigenvalue weighted by Crippen LogP contribution is -2.44. The van der Waals surface area contributed by atoms with Crippen LogP contribution in [0.3, 0.4) is 0 Å². The molecule has 0 spiro atoms. The highest BCUT2D eigenvalue weighted by Crippen LogP contribution is 2.39. The number of cyclic esters (lactones) is 1. The van der Waals surface area contributed by atoms with E-state index >= 15 is 0 Å². The van der Waals surface area contributed by atoms with Gasteiger partial charge in [0.15, 0.2) is 5.60 Å². The van der Waals surface area contributed by atoms with Gasteiger partial charge in [-0.1, -0.05) is 6.92 Å². The fourth-order valence-electron chi connectivity index (χ4n) is 4.03. The van der Waals surface area contributed by atoms with E-state index in [1.54, 1.807) is 29.7 Å². The van der Waals surface area contributed by atoms with Gasteiger partial charge in [-0.3, -0.25) is 4.79 Å². The number of carbonyl (C=O) groups is 1. The highest BCUT2D eigenvalue weighted by molar-refractivity contribution is 9.10. The van der Waals surface area contributed by atoms with E-state index in [2.05, 4.69) is 20.9 Å². The third-order valence-corrected chi connectivity index (χ3v) is 6.22. The molecule has 2 N–H and O–H groups in total. The number of esters is 1. The van der Waals surface area contributed by atoms with E-state index in [1.807, 2.05) is 6.07 Å². The number of nitrogens with zero attached hydrogens (tertiary/aromatic N) is 2. The van der Waals surface area contributed by atoms with Gasteiger partial charge in [-0.05, 0) is 40.5 Å². The average molecular weight is 443 g/mol. The van der Waals surface area contributed by atoms with E-state index in [4.69, 9.17) is 4.74 Å². The summed E-state index contributed by atoms with van der Waals surface area (Å²) >= 11 is 3.43. The molecule has 3 aromatic rings. The van der Waals surface area contributed by atoms with Crippen LogP contribution in [-0.4, -0.2) is 25.7 Å². The number of phenolic OH excluding ortho intramolecular Hbond substituents is 1. The van der Waals surface area contributed by atoms with Crippen LogP contribution in [0.2, 0.25) is 0 Å². The highest BCUT2D eigenvalue weighted by Gasteiger charge is 2.45. The number of halogens is 1. The summed E-state index contributed by atoms with van der Waals surface area (Å²) in [6, 6.07) is 6.75. The van der Waals surface area contributed by atoms with Crippen molar-refractivity contribution in [3.05, 3.63) is 55.8 Å². The van der Waals surface area contributed by atoms with Crippen LogP contribution in [0.1, 0.15) is 30.0 Å². The van der Waals surface area contributed by atoms with Crippen molar-refractivity contribution in [2.75, 3.05) is 0 Å². The zero-order chi connectivity index (χ0) is 19.8. The van der Waals surface area contributed by atoms with Crippen LogP contribution in [0.5, 0.6) is 5.75 Å². The van der Waals surface area contributed by atoms with Crippen molar-refractivity contribution in [2.45, 2.75) is 32.1 Å². The SMILES string of the molecule is CCC1(O)C(=O)OCc2c1cc1n(c2=O)Cc2cc3c(Br)cc(O)cc3nc2-1. The van der Waals surface area contributed by atoms with Gasteiger partial charge < -0.3 is 19.5 Å². The normalized spacial score (nSPS) is 19.9. The molecule has 142 valence electrons. The van der Waals surface area contributed by atoms with Gasteiger partial charge in [-0.25, -0.2) is 9.78 Å². The van der Waals surface area contributed by atoms with Gasteiger partial charge in [0.1, 0.15) is 12.4 Å². The number of aromatic nitrogens is 2. The second kappa shape index (κ2) is 5.65. The minimum Gasteiger partial charge on any atom is -0.508 e. The van der Waals surface area contributed by atoms with E-state index < -0.39 is 11.6 Å². The monoisotopic (exact) mass is 442 g/mol. The van der Waals surface area contributed by atoms with Crippen molar-refractivity contribution < 1.29 is 19.7 Å². The average Bonchev–Trinajstić information content (AvgIpc) is 3.02. The van der Waals surface area contributed by atoms with Crippen LogP contribution in [0.25, 0.3) is 22.3 Å². The third-order valence-electron chi connectivity index (χ3n) is 5.56. The number of aromatic hydroxyl groups is 1. The van der Waals surface area contributed by atoms with Crippen LogP contribution in [-0.2, 0) is 28.3 Å². The van der Waals surface area contributed by atoms with Crippen LogP contribution in [0.15, 0.2) is 33.5 Å². The topological polar surface area (TPSA) is 102 Å². The van der Waals surface area contributed by atoms with Crippen molar-refractivity contribution in [2.24, 2.45) is 0 Å². The van der Waals surface area contributed by atoms with Crippen LogP contribution in [0, 0.1) is 0 Å². The maximum Gasteiger partial charge on any atom is 0.343 e. The Morgan fingerprint density at radius 3 is 2.82 bits per heavy atom. The van der Waals surface area contributed by atoms with E-state index in [0.717, 1.165) is 10.9 Å². The Balaban J connectivity index is 1.81. The number of aliphatic hydroxyl groups is 1. The summed E-state index contributed by atoms with van der Waals surface area (Å²) in [6.07, 6.45) is 0.0978. The first-order valence-corrected chi connectivity index (χ1v) is 9.62. The quantitative estimate of drug-likeness (QED) is 0.439. The molecule has 4 heterocycles. The summed E-state index contributed by atoms with van der Waals surface area (Å²) in [5, 5.41) is 21.6. The number of carbonyl (C=O) groups excluding carboxylic acids is 1. The summed E-state index contributed by atoms with van der Waals surface area (Å²) in [7, 11) is 0. The predicted octanol–water partition coefficient (Wildman–Crippen LogP) is 2.55. The van der Waals surface area contributed by atoms with Gasteiger partial charge in [0, 0.05) is 27.1 Å². The molecule has 8 heteroatoms. The maximum atomic E-state index is 13.1. The molecule has 2 aliphatic rings. The van der Waals surface area contributed by atoms with Gasteiger partial charge in [0.25, 0.3) is 5.56 Å². The molecule has 1 aromatic carbocycles. The Labute approximate surface area is 167 Å². The van der Waals surface area contributed by atoms with Crippen molar-refractivity contribution in [1.82, 2.24) is 9.55 Å². The Hall–Kier alpha value is -2.71. The maximum absolute atomic E-state index is 13.1. The molecule has 0 bridgehead atoms. The molecule has 0 radical (unpaired) electrons. The number of hydrogen-bond donors (Lipinski definition) is 2. The molecule has 2 aliphatic heterocycles. The summed E-state index contributed by atoms with van der Waals surface area (Å²) in [6.45, 7) is 1.85. The lowest BCUT2D eigenvalue weighted by Gasteiger charge is -2.31. The Bertz CT molecular complexity index is 1270. The lowest BCUT2D eigenvalue weighted by atomic mass is 9.86. The van der Waals surface area contributed by atoms with Crippen LogP contribution < -0.4 is 5.56 Å². The first kappa shape index (κ1) is 17.4. The number of ether oxygens (including phenoxy) is 1. The van der Waals surface area contributed by atoms with E-state index in [1.165, 1.54) is 0 Å². The van der Waals surface area contributed by atoms with Crippen molar-refractivity contribution in [1.29, 1.82) is 0 Å². The van der Waals surface area contributed by atoms with Crippen LogP contribution >= 0.6 is 15.9 Å². The minimum absolute atomic E-state index is 0.0794. The molecule has 28 heavy (non-hydrogen) atoms. The van der Waals surface area contributed by atoms with Gasteiger partial charge in [-0.15, -0.1) is 0 Å². The van der Waals surface area contributed by atoms with Crippen LogP contribution in [0.4, 0.5) is 0 Å². The number of rotatable bonds is 1. The molecule has 0 saturated carbocycles. The Morgan fingerprint density at radius 1 is 1.29 bits per heavy atom. The van der Waals surface area contributed by atoms with Gasteiger partial charge in [0.05, 0.1) is 29.0 Å². The first-order chi connectivity index (χ1) is 13.3. The molecule has 1 unspecified atom stereocenters. The number of pyridine rings is 2. The second-order valence-corrected chi connectivity index (χ2v) is 7.95. The first-order valence-electron chi connectivity index (χ1n) is 8.83. The molecule has 0 saturated heterocycles. The molecule has 0 aliphatic carbocycles. The summed E-state index contributed by atoms with van der Waals surface area (Å²) in [4.78, 5) is 29.9. The minimum atomic E-state index is -1.84. The van der Waals surface area contributed by atoms with Gasteiger partial charge in [-0.2, -0.15) is 0 Å². The van der Waals surface area contributed by atoms with Crippen molar-refractivity contribution in [3.8, 4) is 17.1 Å². The molecule has 2 aromatic heterocycles. The number of benzene rings is 1. The highest BCUT2D eigenvalue weighted by atomic mass is 79.9. The fourth-order valence-corrected chi connectivity index (χ4v) is 4.58. The number of hydrogen-bond acceptors (Lipinski definition) is 6. The number of fused-ring (bicyclic) bond motifs is 5. The predicted molar refractivity (Wildman–Crippen MR) is 104 cm³/mol. The molecular weight excluding hydrogens is 428 g/mol. The molecule has 7 nitrogen and oxygen atoms in total. The smallest absolute Gasteiger partial charge is 0.343 e. The molecule has 0 amide bonds. The second-order valence-electron chi connectivity index (χ2n) is 7.09. The zero-order valence-electron chi connectivity index (χ0n) is 14.8. The van der Waals surface area contributed by atoms with E-state index in [9.17, 15) is 19.8 Å². The van der Waals surface area contributed by atoms with Gasteiger partial charge in [0.2, 0.25) is 0 Å². The fraction of sp³-hybridized carbons (Fsp3) is 0.250. The van der Waals surface area contributed by atoms with Crippen molar-refractivity contribution >= 4 is 32.8 Å².